The minimum Gasteiger partial charge on any atom is -0.507 e. The molecule has 0 spiro atoms. The minimum absolute atomic E-state index is 0.161. The van der Waals surface area contributed by atoms with Crippen LogP contribution in [0.15, 0.2) is 24.3 Å². The predicted octanol–water partition coefficient (Wildman–Crippen LogP) is 8.46. The molecule has 2 rings (SSSR count). The van der Waals surface area contributed by atoms with E-state index in [0.717, 1.165) is 33.4 Å². The van der Waals surface area contributed by atoms with E-state index in [4.69, 9.17) is 0 Å². The van der Waals surface area contributed by atoms with Gasteiger partial charge in [0.05, 0.1) is 0 Å². The zero-order valence-electron chi connectivity index (χ0n) is 22.4. The van der Waals surface area contributed by atoms with Crippen LogP contribution in [0.3, 0.4) is 0 Å². The van der Waals surface area contributed by atoms with Gasteiger partial charge in [-0.1, -0.05) is 95.2 Å². The van der Waals surface area contributed by atoms with E-state index < -0.39 is 0 Å². The van der Waals surface area contributed by atoms with Crippen LogP contribution in [0.25, 0.3) is 12.2 Å². The number of hydrogen-bond donors (Lipinski definition) is 2. The Morgan fingerprint density at radius 3 is 0.781 bits per heavy atom. The first-order valence-electron chi connectivity index (χ1n) is 11.7. The number of benzene rings is 2. The third-order valence-electron chi connectivity index (χ3n) is 5.96. The second-order valence-corrected chi connectivity index (χ2v) is 13.3. The summed E-state index contributed by atoms with van der Waals surface area (Å²) in [7, 11) is 0. The van der Waals surface area contributed by atoms with E-state index in [-0.39, 0.29) is 21.7 Å². The molecule has 0 bridgehead atoms. The Kier molecular flexibility index (Phi) is 6.74. The van der Waals surface area contributed by atoms with Crippen molar-refractivity contribution in [3.8, 4) is 11.5 Å². The second kappa shape index (κ2) is 8.28. The summed E-state index contributed by atoms with van der Waals surface area (Å²) in [5, 5.41) is 22.0. The standard InChI is InChI=1S/C30H44O2/c1-27(2,3)21-15-19(16-22(25(21)31)28(4,5)6)13-14-20-17-23(29(7,8)9)26(32)24(18-20)30(10,11)12/h13-18,31-32H,1-12H3/b14-13+. The summed E-state index contributed by atoms with van der Waals surface area (Å²) in [6.45, 7) is 25.6. The highest BCUT2D eigenvalue weighted by molar-refractivity contribution is 5.73. The average Bonchev–Trinajstić information content (AvgIpc) is 2.57. The van der Waals surface area contributed by atoms with Gasteiger partial charge >= 0.3 is 0 Å². The molecule has 0 aliphatic rings. The third kappa shape index (κ3) is 5.77. The maximum atomic E-state index is 11.0. The molecule has 2 nitrogen and oxygen atoms in total. The van der Waals surface area contributed by atoms with E-state index in [0.29, 0.717) is 11.5 Å². The fraction of sp³-hybridized carbons (Fsp3) is 0.533. The van der Waals surface area contributed by atoms with Crippen molar-refractivity contribution in [3.05, 3.63) is 57.6 Å². The van der Waals surface area contributed by atoms with Crippen LogP contribution >= 0.6 is 0 Å². The lowest BCUT2D eigenvalue weighted by Crippen LogP contribution is -2.17. The van der Waals surface area contributed by atoms with Gasteiger partial charge in [-0.25, -0.2) is 0 Å². The van der Waals surface area contributed by atoms with Gasteiger partial charge in [-0.3, -0.25) is 0 Å². The Morgan fingerprint density at radius 1 is 0.438 bits per heavy atom. The number of rotatable bonds is 2. The van der Waals surface area contributed by atoms with Gasteiger partial charge in [-0.05, 0) is 57.1 Å². The third-order valence-corrected chi connectivity index (χ3v) is 5.96. The first kappa shape index (κ1) is 26.0. The number of phenols is 2. The van der Waals surface area contributed by atoms with Crippen LogP contribution in [0, 0.1) is 0 Å². The first-order valence-corrected chi connectivity index (χ1v) is 11.7. The van der Waals surface area contributed by atoms with Gasteiger partial charge in [-0.15, -0.1) is 0 Å². The molecule has 0 radical (unpaired) electrons. The van der Waals surface area contributed by atoms with Gasteiger partial charge in [0.2, 0.25) is 0 Å². The van der Waals surface area contributed by atoms with E-state index in [9.17, 15) is 10.2 Å². The van der Waals surface area contributed by atoms with E-state index in [1.165, 1.54) is 0 Å². The molecular weight excluding hydrogens is 392 g/mol. The van der Waals surface area contributed by atoms with Gasteiger partial charge in [0, 0.05) is 22.3 Å². The Morgan fingerprint density at radius 2 is 0.625 bits per heavy atom. The Labute approximate surface area is 196 Å². The average molecular weight is 437 g/mol. The first-order chi connectivity index (χ1) is 14.2. The Bertz CT molecular complexity index is 857. The fourth-order valence-electron chi connectivity index (χ4n) is 3.99. The van der Waals surface area contributed by atoms with Crippen molar-refractivity contribution in [1.82, 2.24) is 0 Å². The molecule has 0 aromatic heterocycles. The van der Waals surface area contributed by atoms with Crippen molar-refractivity contribution in [1.29, 1.82) is 0 Å². The fourth-order valence-corrected chi connectivity index (χ4v) is 3.99. The van der Waals surface area contributed by atoms with Crippen LogP contribution in [0.2, 0.25) is 0 Å². The van der Waals surface area contributed by atoms with Crippen LogP contribution in [0.1, 0.15) is 116 Å². The lowest BCUT2D eigenvalue weighted by atomic mass is 9.78. The number of phenolic OH excluding ortho intramolecular Hbond substituents is 2. The van der Waals surface area contributed by atoms with E-state index >= 15 is 0 Å². The van der Waals surface area contributed by atoms with Crippen molar-refractivity contribution < 1.29 is 10.2 Å². The smallest absolute Gasteiger partial charge is 0.123 e. The minimum atomic E-state index is -0.161. The number of aromatic hydroxyl groups is 2. The molecule has 0 aliphatic heterocycles. The SMILES string of the molecule is CC(C)(C)c1cc(/C=C/c2cc(C(C)(C)C)c(O)c(C(C)(C)C)c2)cc(C(C)(C)C)c1O. The van der Waals surface area contributed by atoms with Crippen LogP contribution < -0.4 is 0 Å². The molecule has 0 unspecified atom stereocenters. The maximum Gasteiger partial charge on any atom is 0.123 e. The topological polar surface area (TPSA) is 40.5 Å². The van der Waals surface area contributed by atoms with Crippen molar-refractivity contribution >= 4 is 12.2 Å². The van der Waals surface area contributed by atoms with E-state index in [2.05, 4.69) is 120 Å². The van der Waals surface area contributed by atoms with Crippen LogP contribution in [0.5, 0.6) is 11.5 Å². The molecule has 0 amide bonds. The van der Waals surface area contributed by atoms with Crippen LogP contribution in [0.4, 0.5) is 0 Å². The monoisotopic (exact) mass is 436 g/mol. The molecule has 176 valence electrons. The summed E-state index contributed by atoms with van der Waals surface area (Å²) in [6.07, 6.45) is 4.24. The highest BCUT2D eigenvalue weighted by Gasteiger charge is 2.27. The van der Waals surface area contributed by atoms with Gasteiger partial charge in [-0.2, -0.15) is 0 Å². The zero-order valence-corrected chi connectivity index (χ0v) is 22.4. The van der Waals surface area contributed by atoms with Crippen LogP contribution in [-0.4, -0.2) is 10.2 Å². The molecule has 2 aromatic rings. The molecule has 0 fully saturated rings. The lowest BCUT2D eigenvalue weighted by Gasteiger charge is -2.28. The summed E-state index contributed by atoms with van der Waals surface area (Å²) >= 11 is 0. The molecule has 32 heavy (non-hydrogen) atoms. The van der Waals surface area contributed by atoms with Crippen molar-refractivity contribution in [2.75, 3.05) is 0 Å². The Hall–Kier alpha value is -2.22. The second-order valence-electron chi connectivity index (χ2n) is 13.3. The van der Waals surface area contributed by atoms with Crippen molar-refractivity contribution in [3.63, 3.8) is 0 Å². The van der Waals surface area contributed by atoms with Crippen LogP contribution in [-0.2, 0) is 21.7 Å². The quantitative estimate of drug-likeness (QED) is 0.463. The molecule has 2 N–H and O–H groups in total. The molecular formula is C30H44O2. The molecule has 0 saturated carbocycles. The molecule has 0 aliphatic carbocycles. The maximum absolute atomic E-state index is 11.0. The molecule has 0 atom stereocenters. The highest BCUT2D eigenvalue weighted by Crippen LogP contribution is 2.42. The summed E-state index contributed by atoms with van der Waals surface area (Å²) in [5.41, 5.74) is 5.33. The largest absolute Gasteiger partial charge is 0.507 e. The van der Waals surface area contributed by atoms with Crippen molar-refractivity contribution in [2.45, 2.75) is 105 Å². The molecule has 2 aromatic carbocycles. The summed E-state index contributed by atoms with van der Waals surface area (Å²) in [4.78, 5) is 0. The van der Waals surface area contributed by atoms with Crippen molar-refractivity contribution in [2.24, 2.45) is 0 Å². The van der Waals surface area contributed by atoms with E-state index in [1.54, 1.807) is 0 Å². The lowest BCUT2D eigenvalue weighted by molar-refractivity contribution is 0.422. The summed E-state index contributed by atoms with van der Waals surface area (Å²) in [5.74, 6) is 0.800. The molecule has 0 heterocycles. The van der Waals surface area contributed by atoms with Gasteiger partial charge in [0.25, 0.3) is 0 Å². The number of hydrogen-bond acceptors (Lipinski definition) is 2. The predicted molar refractivity (Wildman–Crippen MR) is 140 cm³/mol. The van der Waals surface area contributed by atoms with Gasteiger partial charge in [0.15, 0.2) is 0 Å². The normalized spacial score (nSPS) is 13.8. The van der Waals surface area contributed by atoms with E-state index in [1.807, 2.05) is 0 Å². The highest BCUT2D eigenvalue weighted by atomic mass is 16.3. The molecule has 2 heteroatoms. The Balaban J connectivity index is 2.70. The zero-order chi connectivity index (χ0) is 24.9. The molecule has 0 saturated heterocycles. The van der Waals surface area contributed by atoms with Gasteiger partial charge in [0.1, 0.15) is 11.5 Å². The van der Waals surface area contributed by atoms with Gasteiger partial charge < -0.3 is 10.2 Å². The summed E-state index contributed by atoms with van der Waals surface area (Å²) in [6, 6.07) is 8.38. The summed E-state index contributed by atoms with van der Waals surface area (Å²) < 4.78 is 0.